The molecule has 2 rings (SSSR count). The molecule has 0 aliphatic rings. The van der Waals surface area contributed by atoms with Crippen LogP contribution in [0.5, 0.6) is 0 Å². The fourth-order valence-electron chi connectivity index (χ4n) is 2.65. The highest BCUT2D eigenvalue weighted by atomic mass is 19.1. The molecule has 1 amide bonds. The van der Waals surface area contributed by atoms with Gasteiger partial charge in [-0.2, -0.15) is 0 Å². The number of aromatic nitrogens is 2. The second-order valence-corrected chi connectivity index (χ2v) is 6.31. The highest BCUT2D eigenvalue weighted by molar-refractivity contribution is 6.01. The number of rotatable bonds is 8. The average molecular weight is 420 g/mol. The molecule has 0 unspecified atom stereocenters. The number of anilines is 1. The van der Waals surface area contributed by atoms with Crippen LogP contribution in [-0.2, 0) is 23.1 Å². The Hall–Kier alpha value is -3.76. The zero-order valence-corrected chi connectivity index (χ0v) is 16.4. The first-order valence-corrected chi connectivity index (χ1v) is 8.99. The van der Waals surface area contributed by atoms with E-state index in [1.165, 1.54) is 25.2 Å². The van der Waals surface area contributed by atoms with Gasteiger partial charge in [0.1, 0.15) is 23.7 Å². The van der Waals surface area contributed by atoms with Gasteiger partial charge in [-0.15, -0.1) is 0 Å². The van der Waals surface area contributed by atoms with Crippen molar-refractivity contribution in [2.45, 2.75) is 19.9 Å². The predicted octanol–water partition coefficient (Wildman–Crippen LogP) is -0.166. The molecule has 0 aliphatic carbocycles. The van der Waals surface area contributed by atoms with Gasteiger partial charge in [-0.25, -0.2) is 9.18 Å². The molecule has 0 radical (unpaired) electrons. The van der Waals surface area contributed by atoms with Crippen molar-refractivity contribution >= 4 is 23.5 Å². The molecule has 30 heavy (non-hydrogen) atoms. The summed E-state index contributed by atoms with van der Waals surface area (Å²) in [5.74, 6) is -3.77. The van der Waals surface area contributed by atoms with Crippen LogP contribution in [0.2, 0.25) is 0 Å². The predicted molar refractivity (Wildman–Crippen MR) is 105 cm³/mol. The topological polar surface area (TPSA) is 142 Å². The van der Waals surface area contributed by atoms with Crippen LogP contribution >= 0.6 is 0 Å². The highest BCUT2D eigenvalue weighted by Gasteiger charge is 2.22. The molecule has 0 fully saturated rings. The van der Waals surface area contributed by atoms with E-state index in [1.807, 2.05) is 0 Å². The number of hydrogen-bond acceptors (Lipinski definition) is 7. The monoisotopic (exact) mass is 420 g/mol. The first kappa shape index (κ1) is 22.5. The first-order chi connectivity index (χ1) is 14.2. The summed E-state index contributed by atoms with van der Waals surface area (Å²) in [4.78, 5) is 60.5. The molecule has 0 bridgehead atoms. The quantitative estimate of drug-likeness (QED) is 0.446. The number of nitrogens with one attached hydrogen (secondary N) is 1. The van der Waals surface area contributed by atoms with Gasteiger partial charge >= 0.3 is 11.7 Å². The van der Waals surface area contributed by atoms with Crippen molar-refractivity contribution in [3.8, 4) is 0 Å². The molecule has 0 spiro atoms. The van der Waals surface area contributed by atoms with E-state index in [0.717, 1.165) is 15.2 Å². The van der Waals surface area contributed by atoms with E-state index < -0.39 is 53.4 Å². The van der Waals surface area contributed by atoms with E-state index in [4.69, 9.17) is 10.5 Å². The Morgan fingerprint density at radius 1 is 1.20 bits per heavy atom. The smallest absolute Gasteiger partial charge is 0.332 e. The van der Waals surface area contributed by atoms with Gasteiger partial charge in [-0.3, -0.25) is 28.3 Å². The minimum Gasteiger partial charge on any atom is -0.456 e. The molecule has 10 nitrogen and oxygen atoms in total. The number of carbonyl (C=O) groups excluding carboxylic acids is 3. The number of ether oxygens (including phenoxy) is 1. The first-order valence-electron chi connectivity index (χ1n) is 8.99. The molecule has 0 atom stereocenters. The number of ketones is 1. The number of esters is 1. The molecule has 11 heteroatoms. The number of hydrogen-bond donors (Lipinski definition) is 2. The summed E-state index contributed by atoms with van der Waals surface area (Å²) in [5.41, 5.74) is 3.53. The van der Waals surface area contributed by atoms with Crippen LogP contribution in [0.25, 0.3) is 0 Å². The van der Waals surface area contributed by atoms with Gasteiger partial charge in [-0.1, -0.05) is 19.1 Å². The van der Waals surface area contributed by atoms with Gasteiger partial charge < -0.3 is 15.8 Å². The lowest BCUT2D eigenvalue weighted by Gasteiger charge is -2.14. The third kappa shape index (κ3) is 4.80. The molecular weight excluding hydrogens is 399 g/mol. The third-order valence-corrected chi connectivity index (χ3v) is 4.19. The molecule has 1 aromatic carbocycles. The standard InChI is InChI=1S/C19H21FN4O6/c1-3-8-24-16(21)15(18(28)23(2)19(24)29)13(25)10-30-14(26)9-22-17(27)11-6-4-5-7-12(11)20/h4-7H,3,8-10,21H2,1-2H3,(H,22,27). The Labute approximate surface area is 170 Å². The number of amides is 1. The fraction of sp³-hybridized carbons (Fsp3) is 0.316. The second-order valence-electron chi connectivity index (χ2n) is 6.31. The minimum absolute atomic E-state index is 0.195. The number of nitrogens with zero attached hydrogens (tertiary/aromatic N) is 2. The van der Waals surface area contributed by atoms with Gasteiger partial charge in [0, 0.05) is 13.6 Å². The van der Waals surface area contributed by atoms with E-state index in [1.54, 1.807) is 6.92 Å². The van der Waals surface area contributed by atoms with Crippen LogP contribution in [0, 0.1) is 5.82 Å². The lowest BCUT2D eigenvalue weighted by Crippen LogP contribution is -2.43. The lowest BCUT2D eigenvalue weighted by atomic mass is 10.2. The zero-order valence-electron chi connectivity index (χ0n) is 16.4. The number of benzene rings is 1. The lowest BCUT2D eigenvalue weighted by molar-refractivity contribution is -0.141. The summed E-state index contributed by atoms with van der Waals surface area (Å²) < 4.78 is 20.1. The van der Waals surface area contributed by atoms with E-state index in [9.17, 15) is 28.4 Å². The molecule has 1 aromatic heterocycles. The van der Waals surface area contributed by atoms with Crippen LogP contribution in [-0.4, -0.2) is 39.9 Å². The third-order valence-electron chi connectivity index (χ3n) is 4.19. The van der Waals surface area contributed by atoms with E-state index in [0.29, 0.717) is 6.42 Å². The molecule has 0 aliphatic heterocycles. The van der Waals surface area contributed by atoms with E-state index in [-0.39, 0.29) is 17.9 Å². The number of Topliss-reactive ketones (excluding diaryl/α,β-unsaturated/α-hetero) is 1. The second kappa shape index (κ2) is 9.63. The van der Waals surface area contributed by atoms with E-state index in [2.05, 4.69) is 5.32 Å². The van der Waals surface area contributed by atoms with Crippen molar-refractivity contribution in [3.05, 3.63) is 62.0 Å². The molecule has 0 saturated carbocycles. The summed E-state index contributed by atoms with van der Waals surface area (Å²) in [6.07, 6.45) is 0.534. The van der Waals surface area contributed by atoms with Crippen molar-refractivity contribution in [2.75, 3.05) is 18.9 Å². The van der Waals surface area contributed by atoms with Gasteiger partial charge in [-0.05, 0) is 18.6 Å². The van der Waals surface area contributed by atoms with Crippen LogP contribution in [0.1, 0.15) is 34.1 Å². The normalized spacial score (nSPS) is 10.5. The Morgan fingerprint density at radius 2 is 1.87 bits per heavy atom. The summed E-state index contributed by atoms with van der Waals surface area (Å²) in [6, 6.07) is 5.20. The summed E-state index contributed by atoms with van der Waals surface area (Å²) in [7, 11) is 1.21. The Morgan fingerprint density at radius 3 is 2.50 bits per heavy atom. The van der Waals surface area contributed by atoms with Crippen LogP contribution in [0.3, 0.4) is 0 Å². The maximum absolute atomic E-state index is 13.5. The Kier molecular flexibility index (Phi) is 7.23. The van der Waals surface area contributed by atoms with Crippen molar-refractivity contribution in [1.29, 1.82) is 0 Å². The molecular formula is C19H21FN4O6. The summed E-state index contributed by atoms with van der Waals surface area (Å²) in [6.45, 7) is 0.540. The van der Waals surface area contributed by atoms with Gasteiger partial charge in [0.25, 0.3) is 11.5 Å². The SMILES string of the molecule is CCCn1c(N)c(C(=O)COC(=O)CNC(=O)c2ccccc2F)c(=O)n(C)c1=O. The number of nitrogens with two attached hydrogens (primary N) is 1. The van der Waals surface area contributed by atoms with Crippen LogP contribution in [0.15, 0.2) is 33.9 Å². The zero-order chi connectivity index (χ0) is 22.4. The minimum atomic E-state index is -0.981. The van der Waals surface area contributed by atoms with Crippen molar-refractivity contribution in [1.82, 2.24) is 14.5 Å². The largest absolute Gasteiger partial charge is 0.456 e. The molecule has 3 N–H and O–H groups in total. The van der Waals surface area contributed by atoms with Crippen molar-refractivity contribution in [2.24, 2.45) is 7.05 Å². The van der Waals surface area contributed by atoms with Gasteiger partial charge in [0.15, 0.2) is 6.61 Å². The van der Waals surface area contributed by atoms with E-state index >= 15 is 0 Å². The fourth-order valence-corrected chi connectivity index (χ4v) is 2.65. The Balaban J connectivity index is 2.05. The molecule has 1 heterocycles. The average Bonchev–Trinajstić information content (AvgIpc) is 2.72. The summed E-state index contributed by atoms with van der Waals surface area (Å²) in [5, 5.41) is 2.17. The van der Waals surface area contributed by atoms with Gasteiger partial charge in [0.05, 0.1) is 5.56 Å². The number of halogens is 1. The van der Waals surface area contributed by atoms with Crippen LogP contribution < -0.4 is 22.3 Å². The van der Waals surface area contributed by atoms with Gasteiger partial charge in [0.2, 0.25) is 5.78 Å². The Bertz CT molecular complexity index is 1110. The summed E-state index contributed by atoms with van der Waals surface area (Å²) >= 11 is 0. The van der Waals surface area contributed by atoms with Crippen LogP contribution in [0.4, 0.5) is 10.2 Å². The molecule has 2 aromatic rings. The van der Waals surface area contributed by atoms with Crippen molar-refractivity contribution in [3.63, 3.8) is 0 Å². The number of carbonyl (C=O) groups is 3. The maximum Gasteiger partial charge on any atom is 0.332 e. The maximum atomic E-state index is 13.5. The molecule has 0 saturated heterocycles. The highest BCUT2D eigenvalue weighted by Crippen LogP contribution is 2.07. The van der Waals surface area contributed by atoms with Crippen molar-refractivity contribution < 1.29 is 23.5 Å². The molecule has 160 valence electrons. The number of nitrogen functional groups attached to an aromatic ring is 1.